The van der Waals surface area contributed by atoms with Gasteiger partial charge < -0.3 is 10.2 Å². The van der Waals surface area contributed by atoms with Crippen molar-refractivity contribution in [2.45, 2.75) is 20.0 Å². The van der Waals surface area contributed by atoms with Crippen molar-refractivity contribution in [1.82, 2.24) is 10.2 Å². The number of nitrogens with one attached hydrogen (secondary N) is 1. The summed E-state index contributed by atoms with van der Waals surface area (Å²) >= 11 is 0. The molecule has 0 heterocycles. The van der Waals surface area contributed by atoms with Gasteiger partial charge >= 0.3 is 6.03 Å². The Morgan fingerprint density at radius 2 is 1.75 bits per heavy atom. The summed E-state index contributed by atoms with van der Waals surface area (Å²) in [5.41, 5.74) is 3.45. The topological polar surface area (TPSA) is 32.3 Å². The van der Waals surface area contributed by atoms with Gasteiger partial charge in [-0.05, 0) is 18.1 Å². The Kier molecular flexibility index (Phi) is 4.77. The molecule has 2 aromatic rings. The van der Waals surface area contributed by atoms with Gasteiger partial charge in [-0.2, -0.15) is 0 Å². The molecule has 20 heavy (non-hydrogen) atoms. The molecule has 1 N–H and O–H groups in total. The van der Waals surface area contributed by atoms with Crippen LogP contribution in [-0.4, -0.2) is 18.0 Å². The number of carbonyl (C=O) groups is 1. The molecule has 0 aromatic heterocycles. The maximum absolute atomic E-state index is 12.0. The van der Waals surface area contributed by atoms with Gasteiger partial charge in [-0.15, -0.1) is 0 Å². The van der Waals surface area contributed by atoms with Gasteiger partial charge in [0.25, 0.3) is 0 Å². The number of amides is 2. The first kappa shape index (κ1) is 14.1. The highest BCUT2D eigenvalue weighted by Gasteiger charge is 2.08. The van der Waals surface area contributed by atoms with Crippen LogP contribution in [0.5, 0.6) is 0 Å². The Bertz CT molecular complexity index is 566. The number of urea groups is 1. The maximum Gasteiger partial charge on any atom is 0.317 e. The Hall–Kier alpha value is -2.29. The van der Waals surface area contributed by atoms with E-state index in [2.05, 4.69) is 11.4 Å². The molecule has 3 heteroatoms. The van der Waals surface area contributed by atoms with Crippen LogP contribution in [0.4, 0.5) is 4.79 Å². The molecule has 0 bridgehead atoms. The summed E-state index contributed by atoms with van der Waals surface area (Å²) in [6.45, 7) is 3.22. The van der Waals surface area contributed by atoms with Crippen molar-refractivity contribution in [2.75, 3.05) is 7.05 Å². The number of benzene rings is 2. The Morgan fingerprint density at radius 1 is 1.05 bits per heavy atom. The molecule has 2 rings (SSSR count). The fourth-order valence-corrected chi connectivity index (χ4v) is 2.06. The highest BCUT2D eigenvalue weighted by molar-refractivity contribution is 5.73. The molecule has 0 spiro atoms. The number of aryl methyl sites for hydroxylation is 1. The minimum Gasteiger partial charge on any atom is -0.334 e. The number of hydrogen-bond acceptors (Lipinski definition) is 1. The zero-order valence-electron chi connectivity index (χ0n) is 12.0. The van der Waals surface area contributed by atoms with E-state index >= 15 is 0 Å². The van der Waals surface area contributed by atoms with Crippen molar-refractivity contribution < 1.29 is 4.79 Å². The molecule has 0 fully saturated rings. The highest BCUT2D eigenvalue weighted by Crippen LogP contribution is 2.05. The third-order valence-electron chi connectivity index (χ3n) is 3.14. The Balaban J connectivity index is 1.85. The molecule has 0 saturated heterocycles. The minimum absolute atomic E-state index is 0.0599. The monoisotopic (exact) mass is 268 g/mol. The third-order valence-corrected chi connectivity index (χ3v) is 3.14. The number of carbonyl (C=O) groups excluding carboxylic acids is 1. The van der Waals surface area contributed by atoms with Crippen LogP contribution < -0.4 is 5.32 Å². The summed E-state index contributed by atoms with van der Waals surface area (Å²) in [7, 11) is 1.80. The van der Waals surface area contributed by atoms with Crippen LogP contribution in [-0.2, 0) is 13.1 Å². The molecule has 0 radical (unpaired) electrons. The molecule has 0 unspecified atom stereocenters. The minimum atomic E-state index is -0.0599. The number of hydrogen-bond donors (Lipinski definition) is 1. The second-order valence-electron chi connectivity index (χ2n) is 4.99. The van der Waals surface area contributed by atoms with Gasteiger partial charge in [-0.1, -0.05) is 60.2 Å². The fraction of sp³-hybridized carbons (Fsp3) is 0.235. The zero-order valence-corrected chi connectivity index (χ0v) is 12.0. The molecule has 3 nitrogen and oxygen atoms in total. The van der Waals surface area contributed by atoms with Crippen LogP contribution in [0.1, 0.15) is 16.7 Å². The smallest absolute Gasteiger partial charge is 0.317 e. The van der Waals surface area contributed by atoms with Gasteiger partial charge in [0.1, 0.15) is 0 Å². The van der Waals surface area contributed by atoms with E-state index < -0.39 is 0 Å². The lowest BCUT2D eigenvalue weighted by atomic mass is 10.1. The molecule has 0 saturated carbocycles. The first-order chi connectivity index (χ1) is 9.65. The molecule has 0 aliphatic heterocycles. The lowest BCUT2D eigenvalue weighted by Gasteiger charge is -2.18. The van der Waals surface area contributed by atoms with Gasteiger partial charge in [0.05, 0.1) is 0 Å². The standard InChI is InChI=1S/C17H20N2O/c1-14-7-6-10-16(11-14)12-18-17(20)19(2)13-15-8-4-3-5-9-15/h3-11H,12-13H2,1-2H3,(H,18,20). The molecule has 0 aliphatic rings. The fourth-order valence-electron chi connectivity index (χ4n) is 2.06. The average Bonchev–Trinajstić information content (AvgIpc) is 2.46. The van der Waals surface area contributed by atoms with Gasteiger partial charge in [-0.25, -0.2) is 4.79 Å². The van der Waals surface area contributed by atoms with Crippen LogP contribution in [0, 0.1) is 6.92 Å². The maximum atomic E-state index is 12.0. The van der Waals surface area contributed by atoms with E-state index in [1.807, 2.05) is 55.5 Å². The van der Waals surface area contributed by atoms with E-state index in [0.29, 0.717) is 13.1 Å². The van der Waals surface area contributed by atoms with E-state index in [9.17, 15) is 4.79 Å². The molecule has 0 atom stereocenters. The third kappa shape index (κ3) is 4.12. The van der Waals surface area contributed by atoms with Crippen LogP contribution in [0.3, 0.4) is 0 Å². The molecule has 0 aliphatic carbocycles. The van der Waals surface area contributed by atoms with E-state index in [1.165, 1.54) is 5.56 Å². The van der Waals surface area contributed by atoms with Gasteiger partial charge in [0, 0.05) is 20.1 Å². The lowest BCUT2D eigenvalue weighted by Crippen LogP contribution is -2.36. The van der Waals surface area contributed by atoms with Crippen molar-refractivity contribution in [3.8, 4) is 0 Å². The van der Waals surface area contributed by atoms with E-state index in [-0.39, 0.29) is 6.03 Å². The normalized spacial score (nSPS) is 10.1. The van der Waals surface area contributed by atoms with Crippen LogP contribution in [0.25, 0.3) is 0 Å². The molecule has 104 valence electrons. The first-order valence-corrected chi connectivity index (χ1v) is 6.73. The lowest BCUT2D eigenvalue weighted by molar-refractivity contribution is 0.206. The largest absolute Gasteiger partial charge is 0.334 e. The van der Waals surface area contributed by atoms with Crippen molar-refractivity contribution in [2.24, 2.45) is 0 Å². The summed E-state index contributed by atoms with van der Waals surface area (Å²) in [5.74, 6) is 0. The Morgan fingerprint density at radius 3 is 2.45 bits per heavy atom. The first-order valence-electron chi connectivity index (χ1n) is 6.73. The van der Waals surface area contributed by atoms with Crippen molar-refractivity contribution >= 4 is 6.03 Å². The SMILES string of the molecule is Cc1cccc(CNC(=O)N(C)Cc2ccccc2)c1. The molecular weight excluding hydrogens is 248 g/mol. The zero-order chi connectivity index (χ0) is 14.4. The van der Waals surface area contributed by atoms with Crippen molar-refractivity contribution in [3.05, 3.63) is 71.3 Å². The summed E-state index contributed by atoms with van der Waals surface area (Å²) < 4.78 is 0. The second-order valence-corrected chi connectivity index (χ2v) is 4.99. The number of rotatable bonds is 4. The van der Waals surface area contributed by atoms with Crippen LogP contribution >= 0.6 is 0 Å². The average molecular weight is 268 g/mol. The van der Waals surface area contributed by atoms with Gasteiger partial charge in [0.15, 0.2) is 0 Å². The quantitative estimate of drug-likeness (QED) is 0.906. The summed E-state index contributed by atoms with van der Waals surface area (Å²) in [6, 6.07) is 18.1. The van der Waals surface area contributed by atoms with E-state index in [1.54, 1.807) is 11.9 Å². The van der Waals surface area contributed by atoms with Crippen LogP contribution in [0.15, 0.2) is 54.6 Å². The van der Waals surface area contributed by atoms with Gasteiger partial charge in [0.2, 0.25) is 0 Å². The summed E-state index contributed by atoms with van der Waals surface area (Å²) in [5, 5.41) is 2.93. The number of nitrogens with zero attached hydrogens (tertiary/aromatic N) is 1. The van der Waals surface area contributed by atoms with E-state index in [0.717, 1.165) is 11.1 Å². The van der Waals surface area contributed by atoms with Crippen molar-refractivity contribution in [1.29, 1.82) is 0 Å². The van der Waals surface area contributed by atoms with Crippen LogP contribution in [0.2, 0.25) is 0 Å². The molecule has 2 aromatic carbocycles. The molecular formula is C17H20N2O. The predicted molar refractivity (Wildman–Crippen MR) is 81.3 cm³/mol. The van der Waals surface area contributed by atoms with Crippen molar-refractivity contribution in [3.63, 3.8) is 0 Å². The summed E-state index contributed by atoms with van der Waals surface area (Å²) in [6.07, 6.45) is 0. The summed E-state index contributed by atoms with van der Waals surface area (Å²) in [4.78, 5) is 13.7. The molecule has 2 amide bonds. The predicted octanol–water partition coefficient (Wildman–Crippen LogP) is 3.34. The Labute approximate surface area is 120 Å². The second kappa shape index (κ2) is 6.75. The highest BCUT2D eigenvalue weighted by atomic mass is 16.2. The van der Waals surface area contributed by atoms with Gasteiger partial charge in [-0.3, -0.25) is 0 Å². The van der Waals surface area contributed by atoms with E-state index in [4.69, 9.17) is 0 Å².